The number of aromatic hydroxyl groups is 1. The van der Waals surface area contributed by atoms with E-state index in [1.807, 2.05) is 32.6 Å². The highest BCUT2D eigenvalue weighted by atomic mass is 16.3. The van der Waals surface area contributed by atoms with E-state index in [2.05, 4.69) is 10.00 Å². The van der Waals surface area contributed by atoms with Crippen molar-refractivity contribution in [2.24, 2.45) is 7.05 Å². The van der Waals surface area contributed by atoms with Crippen LogP contribution in [0.1, 0.15) is 11.1 Å². The minimum Gasteiger partial charge on any atom is -0.506 e. The van der Waals surface area contributed by atoms with Gasteiger partial charge >= 0.3 is 0 Å². The summed E-state index contributed by atoms with van der Waals surface area (Å²) < 4.78 is 1.79. The van der Waals surface area contributed by atoms with E-state index in [1.165, 1.54) is 5.56 Å². The Labute approximate surface area is 106 Å². The van der Waals surface area contributed by atoms with E-state index in [4.69, 9.17) is 5.73 Å². The fourth-order valence-corrected chi connectivity index (χ4v) is 1.94. The highest BCUT2D eigenvalue weighted by molar-refractivity contribution is 5.53. The summed E-state index contributed by atoms with van der Waals surface area (Å²) in [6, 6.07) is 5.31. The highest BCUT2D eigenvalue weighted by Gasteiger charge is 2.05. The number of anilines is 1. The number of aromatic nitrogens is 2. The smallest absolute Gasteiger partial charge is 0.138 e. The van der Waals surface area contributed by atoms with E-state index in [-0.39, 0.29) is 5.75 Å². The topological polar surface area (TPSA) is 67.3 Å². The van der Waals surface area contributed by atoms with Crippen molar-refractivity contribution in [3.63, 3.8) is 0 Å². The van der Waals surface area contributed by atoms with Crippen molar-refractivity contribution in [3.8, 4) is 5.75 Å². The van der Waals surface area contributed by atoms with Crippen LogP contribution in [0.2, 0.25) is 0 Å². The third kappa shape index (κ3) is 3.01. The van der Waals surface area contributed by atoms with Crippen LogP contribution in [0.15, 0.2) is 30.6 Å². The van der Waals surface area contributed by atoms with Gasteiger partial charge in [0, 0.05) is 31.9 Å². The molecule has 0 atom stereocenters. The van der Waals surface area contributed by atoms with Crippen LogP contribution in [0.4, 0.5) is 5.69 Å². The number of nitrogens with two attached hydrogens (primary N) is 1. The summed E-state index contributed by atoms with van der Waals surface area (Å²) in [6.07, 6.45) is 3.86. The van der Waals surface area contributed by atoms with Gasteiger partial charge in [-0.3, -0.25) is 9.58 Å². The minimum absolute atomic E-state index is 0.133. The SMILES string of the molecule is CN(Cc1ccc(O)c(N)c1)Cc1cnn(C)c1. The lowest BCUT2D eigenvalue weighted by Gasteiger charge is -2.16. The van der Waals surface area contributed by atoms with Crippen LogP contribution in [0.3, 0.4) is 0 Å². The van der Waals surface area contributed by atoms with Gasteiger partial charge in [-0.15, -0.1) is 0 Å². The quantitative estimate of drug-likeness (QED) is 0.631. The monoisotopic (exact) mass is 246 g/mol. The number of hydrogen-bond acceptors (Lipinski definition) is 4. The first-order chi connectivity index (χ1) is 8.54. The fraction of sp³-hybridized carbons (Fsp3) is 0.308. The minimum atomic E-state index is 0.133. The van der Waals surface area contributed by atoms with Gasteiger partial charge in [-0.1, -0.05) is 6.07 Å². The number of nitrogen functional groups attached to an aromatic ring is 1. The predicted molar refractivity (Wildman–Crippen MR) is 70.9 cm³/mol. The molecule has 0 aliphatic heterocycles. The molecule has 0 radical (unpaired) electrons. The van der Waals surface area contributed by atoms with Crippen molar-refractivity contribution >= 4 is 5.69 Å². The van der Waals surface area contributed by atoms with Gasteiger partial charge in [0.25, 0.3) is 0 Å². The van der Waals surface area contributed by atoms with Crippen molar-refractivity contribution in [3.05, 3.63) is 41.7 Å². The Morgan fingerprint density at radius 1 is 1.33 bits per heavy atom. The van der Waals surface area contributed by atoms with Crippen LogP contribution in [-0.2, 0) is 20.1 Å². The summed E-state index contributed by atoms with van der Waals surface area (Å²) in [5.41, 5.74) is 8.34. The molecule has 5 heteroatoms. The largest absolute Gasteiger partial charge is 0.506 e. The molecule has 2 aromatic rings. The lowest BCUT2D eigenvalue weighted by Crippen LogP contribution is -2.17. The summed E-state index contributed by atoms with van der Waals surface area (Å²) in [7, 11) is 3.94. The Balaban J connectivity index is 1.98. The molecule has 1 heterocycles. The Morgan fingerprint density at radius 2 is 2.06 bits per heavy atom. The molecule has 3 N–H and O–H groups in total. The van der Waals surface area contributed by atoms with E-state index in [0.717, 1.165) is 18.7 Å². The molecule has 0 bridgehead atoms. The predicted octanol–water partition coefficient (Wildman–Crippen LogP) is 1.34. The van der Waals surface area contributed by atoms with Gasteiger partial charge in [0.05, 0.1) is 11.9 Å². The van der Waals surface area contributed by atoms with E-state index < -0.39 is 0 Å². The number of nitrogens with zero attached hydrogens (tertiary/aromatic N) is 3. The molecule has 0 unspecified atom stereocenters. The summed E-state index contributed by atoms with van der Waals surface area (Å²) in [4.78, 5) is 2.17. The molecule has 0 aliphatic carbocycles. The molecule has 0 amide bonds. The van der Waals surface area contributed by atoms with Gasteiger partial charge < -0.3 is 10.8 Å². The molecule has 0 saturated heterocycles. The second kappa shape index (κ2) is 5.10. The standard InChI is InChI=1S/C13H18N4O/c1-16(8-11-6-15-17(2)9-11)7-10-3-4-13(18)12(14)5-10/h3-6,9,18H,7-8,14H2,1-2H3. The Morgan fingerprint density at radius 3 is 2.67 bits per heavy atom. The van der Waals surface area contributed by atoms with Crippen LogP contribution in [0, 0.1) is 0 Å². The van der Waals surface area contributed by atoms with E-state index in [1.54, 1.807) is 16.8 Å². The van der Waals surface area contributed by atoms with Crippen molar-refractivity contribution < 1.29 is 5.11 Å². The first-order valence-corrected chi connectivity index (χ1v) is 5.78. The lowest BCUT2D eigenvalue weighted by molar-refractivity contribution is 0.319. The first-order valence-electron chi connectivity index (χ1n) is 5.78. The van der Waals surface area contributed by atoms with E-state index in [0.29, 0.717) is 5.69 Å². The summed E-state index contributed by atoms with van der Waals surface area (Å²) in [6.45, 7) is 1.61. The molecule has 5 nitrogen and oxygen atoms in total. The number of benzene rings is 1. The van der Waals surface area contributed by atoms with Gasteiger partial charge in [0.15, 0.2) is 0 Å². The fourth-order valence-electron chi connectivity index (χ4n) is 1.94. The molecule has 0 saturated carbocycles. The number of aryl methyl sites for hydroxylation is 1. The van der Waals surface area contributed by atoms with Gasteiger partial charge in [-0.05, 0) is 24.7 Å². The lowest BCUT2D eigenvalue weighted by atomic mass is 10.1. The van der Waals surface area contributed by atoms with Crippen LogP contribution in [0.5, 0.6) is 5.75 Å². The van der Waals surface area contributed by atoms with Crippen LogP contribution in [0.25, 0.3) is 0 Å². The maximum Gasteiger partial charge on any atom is 0.138 e. The number of phenolic OH excluding ortho intramolecular Hbond substituents is 1. The van der Waals surface area contributed by atoms with Gasteiger partial charge in [0.1, 0.15) is 5.75 Å². The second-order valence-electron chi connectivity index (χ2n) is 4.59. The van der Waals surface area contributed by atoms with Crippen molar-refractivity contribution in [2.45, 2.75) is 13.1 Å². The molecule has 0 spiro atoms. The van der Waals surface area contributed by atoms with Crippen molar-refractivity contribution in [2.75, 3.05) is 12.8 Å². The molecule has 96 valence electrons. The van der Waals surface area contributed by atoms with Crippen LogP contribution in [-0.4, -0.2) is 26.8 Å². The zero-order valence-electron chi connectivity index (χ0n) is 10.7. The maximum atomic E-state index is 9.37. The summed E-state index contributed by atoms with van der Waals surface area (Å²) in [5.74, 6) is 0.133. The van der Waals surface area contributed by atoms with Crippen molar-refractivity contribution in [1.29, 1.82) is 0 Å². The van der Waals surface area contributed by atoms with Crippen molar-refractivity contribution in [1.82, 2.24) is 14.7 Å². The highest BCUT2D eigenvalue weighted by Crippen LogP contribution is 2.21. The number of phenols is 1. The third-order valence-corrected chi connectivity index (χ3v) is 2.76. The van der Waals surface area contributed by atoms with Crippen LogP contribution < -0.4 is 5.73 Å². The zero-order chi connectivity index (χ0) is 13.1. The molecule has 1 aromatic heterocycles. The molecular formula is C13H18N4O. The Kier molecular flexibility index (Phi) is 3.53. The second-order valence-corrected chi connectivity index (χ2v) is 4.59. The molecule has 0 aliphatic rings. The molecule has 2 rings (SSSR count). The number of rotatable bonds is 4. The van der Waals surface area contributed by atoms with Crippen LogP contribution >= 0.6 is 0 Å². The molecule has 1 aromatic carbocycles. The molecule has 0 fully saturated rings. The summed E-state index contributed by atoms with van der Waals surface area (Å²) in [5, 5.41) is 13.5. The maximum absolute atomic E-state index is 9.37. The van der Waals surface area contributed by atoms with E-state index in [9.17, 15) is 5.11 Å². The Bertz CT molecular complexity index is 536. The molecular weight excluding hydrogens is 228 g/mol. The third-order valence-electron chi connectivity index (χ3n) is 2.76. The van der Waals surface area contributed by atoms with Gasteiger partial charge in [0.2, 0.25) is 0 Å². The Hall–Kier alpha value is -2.01. The zero-order valence-corrected chi connectivity index (χ0v) is 10.7. The van der Waals surface area contributed by atoms with Gasteiger partial charge in [-0.2, -0.15) is 5.10 Å². The average Bonchev–Trinajstić information content (AvgIpc) is 2.69. The first kappa shape index (κ1) is 12.4. The number of hydrogen-bond donors (Lipinski definition) is 2. The average molecular weight is 246 g/mol. The molecule has 18 heavy (non-hydrogen) atoms. The summed E-state index contributed by atoms with van der Waals surface area (Å²) >= 11 is 0. The normalized spacial score (nSPS) is 11.1. The van der Waals surface area contributed by atoms with Gasteiger partial charge in [-0.25, -0.2) is 0 Å². The van der Waals surface area contributed by atoms with E-state index >= 15 is 0 Å².